The van der Waals surface area contributed by atoms with Crippen LogP contribution in [0.5, 0.6) is 5.75 Å². The first kappa shape index (κ1) is 22.2. The third-order valence-electron chi connectivity index (χ3n) is 4.26. The van der Waals surface area contributed by atoms with Crippen molar-refractivity contribution in [1.29, 1.82) is 0 Å². The van der Waals surface area contributed by atoms with Crippen LogP contribution in [-0.4, -0.2) is 32.5 Å². The Morgan fingerprint density at radius 2 is 2.00 bits per heavy atom. The minimum absolute atomic E-state index is 0.0568. The molecule has 1 heterocycles. The van der Waals surface area contributed by atoms with Crippen LogP contribution in [0.4, 0.5) is 0 Å². The van der Waals surface area contributed by atoms with Gasteiger partial charge in [0.2, 0.25) is 15.9 Å². The molecule has 3 rings (SSSR count). The number of nitrogens with zero attached hydrogens (tertiary/aromatic N) is 1. The van der Waals surface area contributed by atoms with E-state index in [9.17, 15) is 13.2 Å². The number of hydrogen-bond acceptors (Lipinski definition) is 6. The first-order valence-electron chi connectivity index (χ1n) is 8.93. The van der Waals surface area contributed by atoms with Gasteiger partial charge in [-0.3, -0.25) is 4.79 Å². The topological polar surface area (TPSA) is 97.4 Å². The minimum Gasteiger partial charge on any atom is -0.495 e. The number of amides is 1. The number of rotatable bonds is 9. The molecule has 0 unspecified atom stereocenters. The van der Waals surface area contributed by atoms with E-state index in [0.29, 0.717) is 11.4 Å². The van der Waals surface area contributed by atoms with E-state index in [2.05, 4.69) is 15.0 Å². The summed E-state index contributed by atoms with van der Waals surface area (Å²) in [6.45, 7) is 0.212. The van der Waals surface area contributed by atoms with Crippen LogP contribution in [0.15, 0.2) is 64.3 Å². The molecule has 0 aliphatic heterocycles. The number of ether oxygens (including phenoxy) is 1. The van der Waals surface area contributed by atoms with Crippen LogP contribution in [0.2, 0.25) is 5.02 Å². The van der Waals surface area contributed by atoms with Gasteiger partial charge >= 0.3 is 0 Å². The zero-order chi connectivity index (χ0) is 21.6. The lowest BCUT2D eigenvalue weighted by Gasteiger charge is -2.19. The van der Waals surface area contributed by atoms with Gasteiger partial charge in [0.1, 0.15) is 11.8 Å². The largest absolute Gasteiger partial charge is 0.495 e. The van der Waals surface area contributed by atoms with E-state index >= 15 is 0 Å². The van der Waals surface area contributed by atoms with Crippen molar-refractivity contribution in [2.45, 2.75) is 23.9 Å². The number of benzene rings is 2. The molecule has 3 aromatic rings. The van der Waals surface area contributed by atoms with Crippen LogP contribution in [0.1, 0.15) is 11.3 Å². The van der Waals surface area contributed by atoms with Crippen LogP contribution in [-0.2, 0) is 27.8 Å². The number of thiazole rings is 1. The highest BCUT2D eigenvalue weighted by molar-refractivity contribution is 7.89. The third-order valence-corrected chi connectivity index (χ3v) is 6.66. The Kier molecular flexibility index (Phi) is 7.43. The standard InChI is InChI=1S/C20H20ClN3O4S2/c1-28-19-8-7-16(10-17(19)21)30(26,27)24-18(9-14-5-3-2-4-6-14)20(25)22-11-15-12-29-13-23-15/h2-8,10,12-13,18,24H,9,11H2,1H3,(H,22,25)/t18-/m0/s1. The average molecular weight is 466 g/mol. The van der Waals surface area contributed by atoms with Crippen molar-refractivity contribution < 1.29 is 17.9 Å². The van der Waals surface area contributed by atoms with Gasteiger partial charge in [-0.15, -0.1) is 11.3 Å². The molecule has 0 saturated heterocycles. The lowest BCUT2D eigenvalue weighted by Crippen LogP contribution is -2.47. The summed E-state index contributed by atoms with van der Waals surface area (Å²) in [7, 11) is -2.57. The second-order valence-electron chi connectivity index (χ2n) is 6.36. The summed E-state index contributed by atoms with van der Waals surface area (Å²) >= 11 is 7.49. The summed E-state index contributed by atoms with van der Waals surface area (Å²) in [5, 5.41) is 4.72. The van der Waals surface area contributed by atoms with E-state index in [1.165, 1.54) is 36.6 Å². The van der Waals surface area contributed by atoms with Crippen molar-refractivity contribution in [2.24, 2.45) is 0 Å². The van der Waals surface area contributed by atoms with Crippen LogP contribution >= 0.6 is 22.9 Å². The lowest BCUT2D eigenvalue weighted by molar-refractivity contribution is -0.122. The van der Waals surface area contributed by atoms with Gasteiger partial charge in [0.15, 0.2) is 0 Å². The lowest BCUT2D eigenvalue weighted by atomic mass is 10.1. The van der Waals surface area contributed by atoms with Gasteiger partial charge in [0.25, 0.3) is 0 Å². The quantitative estimate of drug-likeness (QED) is 0.506. The maximum Gasteiger partial charge on any atom is 0.241 e. The van der Waals surface area contributed by atoms with E-state index in [0.717, 1.165) is 5.56 Å². The molecule has 0 aliphatic carbocycles. The number of sulfonamides is 1. The molecule has 1 aromatic heterocycles. The monoisotopic (exact) mass is 465 g/mol. The molecule has 0 radical (unpaired) electrons. The Bertz CT molecular complexity index is 1090. The molecular formula is C20H20ClN3O4S2. The van der Waals surface area contributed by atoms with E-state index < -0.39 is 22.0 Å². The number of methoxy groups -OCH3 is 1. The van der Waals surface area contributed by atoms with Crippen molar-refractivity contribution in [2.75, 3.05) is 7.11 Å². The second kappa shape index (κ2) is 10.0. The van der Waals surface area contributed by atoms with Crippen molar-refractivity contribution in [3.05, 3.63) is 75.7 Å². The van der Waals surface area contributed by atoms with Gasteiger partial charge in [-0.2, -0.15) is 4.72 Å². The molecule has 1 atom stereocenters. The van der Waals surface area contributed by atoms with Crippen LogP contribution in [0.3, 0.4) is 0 Å². The molecular weight excluding hydrogens is 446 g/mol. The number of aromatic nitrogens is 1. The van der Waals surface area contributed by atoms with Gasteiger partial charge in [0, 0.05) is 5.38 Å². The Balaban J connectivity index is 1.81. The van der Waals surface area contributed by atoms with Crippen LogP contribution in [0.25, 0.3) is 0 Å². The first-order chi connectivity index (χ1) is 14.4. The van der Waals surface area contributed by atoms with E-state index in [4.69, 9.17) is 16.3 Å². The van der Waals surface area contributed by atoms with Gasteiger partial charge < -0.3 is 10.1 Å². The van der Waals surface area contributed by atoms with Gasteiger partial charge in [-0.1, -0.05) is 41.9 Å². The molecule has 30 heavy (non-hydrogen) atoms. The van der Waals surface area contributed by atoms with E-state index in [-0.39, 0.29) is 22.9 Å². The first-order valence-corrected chi connectivity index (χ1v) is 11.7. The normalized spacial score (nSPS) is 12.3. The number of carbonyl (C=O) groups excluding carboxylic acids is 1. The van der Waals surface area contributed by atoms with Gasteiger partial charge in [0.05, 0.1) is 34.8 Å². The highest BCUT2D eigenvalue weighted by Gasteiger charge is 2.26. The Hall–Kier alpha value is -2.46. The summed E-state index contributed by atoms with van der Waals surface area (Å²) < 4.78 is 33.4. The average Bonchev–Trinajstić information content (AvgIpc) is 3.26. The molecule has 2 N–H and O–H groups in total. The molecule has 10 heteroatoms. The molecule has 1 amide bonds. The number of halogens is 1. The summed E-state index contributed by atoms with van der Waals surface area (Å²) in [6.07, 6.45) is 0.187. The fraction of sp³-hybridized carbons (Fsp3) is 0.200. The summed E-state index contributed by atoms with van der Waals surface area (Å²) in [6, 6.07) is 12.3. The maximum atomic E-state index is 12.9. The molecule has 158 valence electrons. The minimum atomic E-state index is -4.01. The fourth-order valence-electron chi connectivity index (χ4n) is 2.73. The van der Waals surface area contributed by atoms with Crippen LogP contribution in [0, 0.1) is 0 Å². The van der Waals surface area contributed by atoms with Crippen LogP contribution < -0.4 is 14.8 Å². The van der Waals surface area contributed by atoms with E-state index in [1.807, 2.05) is 35.7 Å². The zero-order valence-electron chi connectivity index (χ0n) is 16.0. The Morgan fingerprint density at radius 1 is 1.23 bits per heavy atom. The third kappa shape index (κ3) is 5.79. The smallest absolute Gasteiger partial charge is 0.241 e. The fourth-order valence-corrected chi connectivity index (χ4v) is 4.83. The summed E-state index contributed by atoms with van der Waals surface area (Å²) in [4.78, 5) is 16.9. The zero-order valence-corrected chi connectivity index (χ0v) is 18.4. The molecule has 7 nitrogen and oxygen atoms in total. The van der Waals surface area contributed by atoms with Gasteiger partial charge in [-0.25, -0.2) is 13.4 Å². The predicted molar refractivity (Wildman–Crippen MR) is 116 cm³/mol. The number of carbonyl (C=O) groups is 1. The maximum absolute atomic E-state index is 12.9. The molecule has 0 bridgehead atoms. The molecule has 0 spiro atoms. The Labute approximate surface area is 184 Å². The highest BCUT2D eigenvalue weighted by Crippen LogP contribution is 2.27. The Morgan fingerprint density at radius 3 is 2.63 bits per heavy atom. The van der Waals surface area contributed by atoms with Crippen molar-refractivity contribution >= 4 is 38.9 Å². The van der Waals surface area contributed by atoms with Gasteiger partial charge in [-0.05, 0) is 30.2 Å². The van der Waals surface area contributed by atoms with Crippen molar-refractivity contribution in [1.82, 2.24) is 15.0 Å². The molecule has 0 fully saturated rings. The van der Waals surface area contributed by atoms with E-state index in [1.54, 1.807) is 5.51 Å². The summed E-state index contributed by atoms with van der Waals surface area (Å²) in [5.74, 6) is -0.0903. The molecule has 2 aromatic carbocycles. The number of nitrogens with one attached hydrogen (secondary N) is 2. The van der Waals surface area contributed by atoms with Crippen molar-refractivity contribution in [3.63, 3.8) is 0 Å². The predicted octanol–water partition coefficient (Wildman–Crippen LogP) is 3.01. The van der Waals surface area contributed by atoms with Crippen molar-refractivity contribution in [3.8, 4) is 5.75 Å². The highest BCUT2D eigenvalue weighted by atomic mass is 35.5. The molecule has 0 aliphatic rings. The SMILES string of the molecule is COc1ccc(S(=O)(=O)N[C@@H](Cc2ccccc2)C(=O)NCc2cscn2)cc1Cl. The molecule has 0 saturated carbocycles. The second-order valence-corrected chi connectivity index (χ2v) is 9.20. The number of hydrogen-bond donors (Lipinski definition) is 2. The summed E-state index contributed by atoms with van der Waals surface area (Å²) in [5.41, 5.74) is 3.19.